The minimum absolute atomic E-state index is 0. The molecule has 0 aromatic heterocycles. The maximum absolute atomic E-state index is 12.9. The Kier molecular flexibility index (Phi) is 10.4. The normalized spacial score (nSPS) is 23.2. The fraction of sp³-hybridized carbons (Fsp3) is 0.531. The van der Waals surface area contributed by atoms with Crippen LogP contribution >= 0.6 is 11.8 Å². The molecule has 3 fully saturated rings. The number of fused-ring (bicyclic) bond motifs is 1. The topological polar surface area (TPSA) is 76.7 Å². The number of unbranched alkanes of at least 4 members (excludes halogenated alkanes) is 1. The second-order valence-electron chi connectivity index (χ2n) is 12.0. The SMILES string of the molecule is Cc1cc(C)c(N2[CH-]N(c3c(C)cc(C)cc3C)[C@@H](CNC(=O)CCCC[C@@H]3SC[C@@H]4NC(=O)N[C@@H]43)C2)c(C)c1.[Au+]. The zero-order valence-corrected chi connectivity index (χ0v) is 28.0. The van der Waals surface area contributed by atoms with Gasteiger partial charge in [-0.05, 0) is 76.6 Å². The van der Waals surface area contributed by atoms with E-state index in [1.165, 1.54) is 44.8 Å². The van der Waals surface area contributed by atoms with Crippen LogP contribution in [0.4, 0.5) is 16.2 Å². The van der Waals surface area contributed by atoms with E-state index >= 15 is 0 Å². The van der Waals surface area contributed by atoms with Crippen LogP contribution in [-0.4, -0.2) is 54.2 Å². The maximum Gasteiger partial charge on any atom is 1.00 e. The molecule has 0 unspecified atom stereocenters. The van der Waals surface area contributed by atoms with Crippen molar-refractivity contribution in [2.45, 2.75) is 90.6 Å². The third-order valence-electron chi connectivity index (χ3n) is 8.50. The molecule has 0 spiro atoms. The van der Waals surface area contributed by atoms with Gasteiger partial charge in [0.2, 0.25) is 5.91 Å². The zero-order valence-electron chi connectivity index (χ0n) is 25.1. The Morgan fingerprint density at radius 2 is 1.56 bits per heavy atom. The summed E-state index contributed by atoms with van der Waals surface area (Å²) < 4.78 is 0. The van der Waals surface area contributed by atoms with Crippen molar-refractivity contribution >= 4 is 35.1 Å². The van der Waals surface area contributed by atoms with Crippen LogP contribution in [-0.2, 0) is 27.2 Å². The summed E-state index contributed by atoms with van der Waals surface area (Å²) in [5.74, 6) is 1.09. The summed E-state index contributed by atoms with van der Waals surface area (Å²) in [6.07, 6.45) is 3.43. The van der Waals surface area contributed by atoms with E-state index in [2.05, 4.69) is 98.2 Å². The molecule has 9 heteroatoms. The average molecular weight is 760 g/mol. The summed E-state index contributed by atoms with van der Waals surface area (Å²) in [4.78, 5) is 29.3. The first-order chi connectivity index (χ1) is 19.1. The van der Waals surface area contributed by atoms with Crippen LogP contribution in [0, 0.1) is 48.2 Å². The molecule has 3 amide bonds. The minimum atomic E-state index is -0.0415. The maximum atomic E-state index is 12.9. The first kappa shape index (κ1) is 31.8. The summed E-state index contributed by atoms with van der Waals surface area (Å²) in [5.41, 5.74) is 10.1. The third kappa shape index (κ3) is 7.10. The van der Waals surface area contributed by atoms with Crippen LogP contribution in [0.2, 0.25) is 0 Å². The van der Waals surface area contributed by atoms with Gasteiger partial charge >= 0.3 is 28.4 Å². The molecule has 2 aromatic rings. The Morgan fingerprint density at radius 3 is 2.20 bits per heavy atom. The van der Waals surface area contributed by atoms with Crippen LogP contribution in [0.25, 0.3) is 0 Å². The van der Waals surface area contributed by atoms with Crippen molar-refractivity contribution in [1.29, 1.82) is 0 Å². The number of aryl methyl sites for hydroxylation is 6. The Hall–Kier alpha value is -2.13. The molecule has 7 nitrogen and oxygen atoms in total. The fourth-order valence-corrected chi connectivity index (χ4v) is 8.50. The van der Waals surface area contributed by atoms with Gasteiger partial charge in [-0.1, -0.05) is 41.8 Å². The van der Waals surface area contributed by atoms with Crippen molar-refractivity contribution in [3.8, 4) is 0 Å². The van der Waals surface area contributed by atoms with E-state index in [0.717, 1.165) is 31.6 Å². The number of nitrogens with one attached hydrogen (secondary N) is 3. The summed E-state index contributed by atoms with van der Waals surface area (Å²) >= 11 is 1.93. The molecule has 226 valence electrons. The number of rotatable bonds is 9. The van der Waals surface area contributed by atoms with Gasteiger partial charge in [-0.3, -0.25) is 4.79 Å². The molecule has 3 aliphatic heterocycles. The molecule has 0 saturated carbocycles. The Labute approximate surface area is 265 Å². The molecular formula is C32H44AuN5O2S. The molecule has 2 aromatic carbocycles. The number of benzene rings is 2. The Bertz CT molecular complexity index is 1240. The Morgan fingerprint density at radius 1 is 0.951 bits per heavy atom. The van der Waals surface area contributed by atoms with Gasteiger partial charge in [0, 0.05) is 47.9 Å². The summed E-state index contributed by atoms with van der Waals surface area (Å²) in [6.45, 7) is 16.7. The van der Waals surface area contributed by atoms with Gasteiger partial charge in [0.05, 0.1) is 12.1 Å². The molecule has 5 rings (SSSR count). The molecule has 3 N–H and O–H groups in total. The van der Waals surface area contributed by atoms with Crippen LogP contribution in [0.3, 0.4) is 0 Å². The predicted molar refractivity (Wildman–Crippen MR) is 166 cm³/mol. The smallest absolute Gasteiger partial charge is 0.501 e. The summed E-state index contributed by atoms with van der Waals surface area (Å²) in [5, 5.41) is 9.76. The number of carbonyl (C=O) groups excluding carboxylic acids is 2. The first-order valence-electron chi connectivity index (χ1n) is 14.6. The van der Waals surface area contributed by atoms with Crippen LogP contribution in [0.5, 0.6) is 0 Å². The number of carbonyl (C=O) groups is 2. The zero-order chi connectivity index (χ0) is 28.6. The van der Waals surface area contributed by atoms with Gasteiger partial charge in [0.25, 0.3) is 0 Å². The van der Waals surface area contributed by atoms with Crippen molar-refractivity contribution in [3.05, 3.63) is 64.3 Å². The number of anilines is 2. The minimum Gasteiger partial charge on any atom is -0.501 e. The first-order valence-corrected chi connectivity index (χ1v) is 15.7. The van der Waals surface area contributed by atoms with E-state index < -0.39 is 0 Å². The summed E-state index contributed by atoms with van der Waals surface area (Å²) in [7, 11) is 0. The van der Waals surface area contributed by atoms with Crippen molar-refractivity contribution < 1.29 is 32.0 Å². The average Bonchev–Trinajstić information content (AvgIpc) is 3.54. The number of urea groups is 1. The molecule has 0 bridgehead atoms. The van der Waals surface area contributed by atoms with Gasteiger partial charge in [-0.15, -0.1) is 0 Å². The molecule has 4 atom stereocenters. The van der Waals surface area contributed by atoms with Crippen molar-refractivity contribution in [2.75, 3.05) is 28.6 Å². The standard InChI is InChI=1S/C32H44N5O2S.Au/c1-19-11-21(3)30(22(4)12-19)36-16-25(37(18-36)31-23(5)13-20(2)14-24(31)6)15-33-28(38)10-8-7-9-27-29-26(17-40-27)34-32(39)35-29;/h11-14,18,25-27,29H,7-10,15-17H2,1-6H3,(H,33,38)(H2,34,35,39);/q-1;+1/t25-,26-,27-,29-;/m0./s1. The number of hydrogen-bond donors (Lipinski definition) is 3. The van der Waals surface area contributed by atoms with Crippen molar-refractivity contribution in [1.82, 2.24) is 16.0 Å². The van der Waals surface area contributed by atoms with E-state index in [1.807, 2.05) is 11.8 Å². The van der Waals surface area contributed by atoms with Crippen molar-refractivity contribution in [2.24, 2.45) is 0 Å². The fourth-order valence-electron chi connectivity index (χ4n) is 6.96. The van der Waals surface area contributed by atoms with Gasteiger partial charge in [-0.2, -0.15) is 18.4 Å². The van der Waals surface area contributed by atoms with Gasteiger partial charge in [-0.25, -0.2) is 4.79 Å². The number of nitrogens with zero attached hydrogens (tertiary/aromatic N) is 2. The predicted octanol–water partition coefficient (Wildman–Crippen LogP) is 5.19. The second kappa shape index (κ2) is 13.4. The van der Waals surface area contributed by atoms with E-state index in [1.54, 1.807) is 0 Å². The molecule has 3 aliphatic rings. The molecule has 0 aliphatic carbocycles. The molecule has 3 heterocycles. The quantitative estimate of drug-likeness (QED) is 0.142. The molecule has 41 heavy (non-hydrogen) atoms. The van der Waals surface area contributed by atoms with Crippen LogP contribution in [0.15, 0.2) is 24.3 Å². The van der Waals surface area contributed by atoms with E-state index in [4.69, 9.17) is 0 Å². The van der Waals surface area contributed by atoms with Crippen LogP contribution < -0.4 is 25.8 Å². The van der Waals surface area contributed by atoms with E-state index in [-0.39, 0.29) is 52.4 Å². The molecular weight excluding hydrogens is 715 g/mol. The van der Waals surface area contributed by atoms with Crippen LogP contribution in [0.1, 0.15) is 59.1 Å². The number of hydrogen-bond acceptors (Lipinski definition) is 5. The van der Waals surface area contributed by atoms with E-state index in [9.17, 15) is 9.59 Å². The number of amides is 3. The largest absolute Gasteiger partial charge is 1.00 e. The van der Waals surface area contributed by atoms with Gasteiger partial charge in [0.15, 0.2) is 0 Å². The molecule has 3 saturated heterocycles. The van der Waals surface area contributed by atoms with Crippen molar-refractivity contribution in [3.63, 3.8) is 0 Å². The number of thioether (sulfide) groups is 1. The Balaban J connectivity index is 0.00000387. The second-order valence-corrected chi connectivity index (χ2v) is 13.3. The summed E-state index contributed by atoms with van der Waals surface area (Å²) in [6, 6.07) is 9.57. The van der Waals surface area contributed by atoms with Gasteiger partial charge < -0.3 is 25.8 Å². The molecule has 0 radical (unpaired) electrons. The third-order valence-corrected chi connectivity index (χ3v) is 10.0. The van der Waals surface area contributed by atoms with Gasteiger partial charge in [0.1, 0.15) is 0 Å². The van der Waals surface area contributed by atoms with E-state index in [0.29, 0.717) is 18.2 Å². The monoisotopic (exact) mass is 759 g/mol.